The smallest absolute Gasteiger partial charge is 0.319 e. The van der Waals surface area contributed by atoms with E-state index in [-0.39, 0.29) is 22.6 Å². The monoisotopic (exact) mass is 373 g/mol. The first kappa shape index (κ1) is 17.6. The molecule has 0 saturated heterocycles. The van der Waals surface area contributed by atoms with Gasteiger partial charge in [0.15, 0.2) is 0 Å². The highest BCUT2D eigenvalue weighted by Gasteiger charge is 2.32. The van der Waals surface area contributed by atoms with Gasteiger partial charge in [0.2, 0.25) is 0 Å². The van der Waals surface area contributed by atoms with Crippen LogP contribution in [0.25, 0.3) is 0 Å². The van der Waals surface area contributed by atoms with Crippen LogP contribution in [-0.4, -0.2) is 22.2 Å². The van der Waals surface area contributed by atoms with E-state index in [1.54, 1.807) is 31.2 Å². The number of benzene rings is 2. The van der Waals surface area contributed by atoms with E-state index >= 15 is 0 Å². The van der Waals surface area contributed by atoms with Crippen molar-refractivity contribution in [3.05, 3.63) is 64.3 Å². The summed E-state index contributed by atoms with van der Waals surface area (Å²) in [6.45, 7) is 1.59. The standard InChI is InChI=1S/C18H16ClN3O4/c1-9-15(17(25)21-11-4-2-3-10(19)7-11)16(22-18(26)20-9)13-6-5-12(23)8-14(13)24/h2-8,16,23-24H,1H3,(H,21,25)(H2,20,22,26)/t16-/m0/s1. The summed E-state index contributed by atoms with van der Waals surface area (Å²) in [5.41, 5.74) is 1.36. The van der Waals surface area contributed by atoms with Crippen LogP contribution in [0.2, 0.25) is 5.02 Å². The number of carbonyl (C=O) groups excluding carboxylic acids is 2. The first-order valence-electron chi connectivity index (χ1n) is 7.72. The van der Waals surface area contributed by atoms with Crippen LogP contribution in [0.5, 0.6) is 11.5 Å². The maximum atomic E-state index is 12.8. The average molecular weight is 374 g/mol. The Bertz CT molecular complexity index is 926. The van der Waals surface area contributed by atoms with E-state index in [0.29, 0.717) is 16.4 Å². The molecule has 1 atom stereocenters. The summed E-state index contributed by atoms with van der Waals surface area (Å²) in [7, 11) is 0. The second kappa shape index (κ2) is 6.97. The van der Waals surface area contributed by atoms with E-state index in [1.165, 1.54) is 12.1 Å². The van der Waals surface area contributed by atoms with Crippen LogP contribution in [-0.2, 0) is 4.79 Å². The minimum atomic E-state index is -0.886. The summed E-state index contributed by atoms with van der Waals surface area (Å²) in [6.07, 6.45) is 0. The Balaban J connectivity index is 1.98. The van der Waals surface area contributed by atoms with Gasteiger partial charge in [0.25, 0.3) is 5.91 Å². The lowest BCUT2D eigenvalue weighted by molar-refractivity contribution is -0.113. The number of carbonyl (C=O) groups is 2. The predicted molar refractivity (Wildman–Crippen MR) is 97.0 cm³/mol. The highest BCUT2D eigenvalue weighted by molar-refractivity contribution is 6.31. The number of nitrogens with one attached hydrogen (secondary N) is 3. The van der Waals surface area contributed by atoms with Gasteiger partial charge in [0.1, 0.15) is 11.5 Å². The van der Waals surface area contributed by atoms with Gasteiger partial charge >= 0.3 is 6.03 Å². The summed E-state index contributed by atoms with van der Waals surface area (Å²) < 4.78 is 0. The number of phenols is 2. The van der Waals surface area contributed by atoms with Crippen LogP contribution in [0.1, 0.15) is 18.5 Å². The molecule has 0 aliphatic carbocycles. The number of urea groups is 1. The molecule has 0 unspecified atom stereocenters. The minimum absolute atomic E-state index is 0.128. The Morgan fingerprint density at radius 3 is 2.65 bits per heavy atom. The summed E-state index contributed by atoms with van der Waals surface area (Å²) in [5.74, 6) is -0.829. The van der Waals surface area contributed by atoms with Crippen molar-refractivity contribution in [2.24, 2.45) is 0 Å². The zero-order valence-electron chi connectivity index (χ0n) is 13.7. The highest BCUT2D eigenvalue weighted by atomic mass is 35.5. The third-order valence-corrected chi connectivity index (χ3v) is 4.16. The molecule has 1 aliphatic rings. The summed E-state index contributed by atoms with van der Waals surface area (Å²) >= 11 is 5.93. The molecule has 26 heavy (non-hydrogen) atoms. The topological polar surface area (TPSA) is 111 Å². The van der Waals surface area contributed by atoms with E-state index in [4.69, 9.17) is 11.6 Å². The number of allylic oxidation sites excluding steroid dienone is 1. The van der Waals surface area contributed by atoms with Crippen molar-refractivity contribution in [3.8, 4) is 11.5 Å². The molecule has 5 N–H and O–H groups in total. The molecule has 3 rings (SSSR count). The molecule has 0 bridgehead atoms. The largest absolute Gasteiger partial charge is 0.508 e. The van der Waals surface area contributed by atoms with Gasteiger partial charge in [0.05, 0.1) is 11.6 Å². The SMILES string of the molecule is CC1=C(C(=O)Nc2cccc(Cl)c2)[C@H](c2ccc(O)cc2O)NC(=O)N1. The van der Waals surface area contributed by atoms with Crippen LogP contribution in [0.4, 0.5) is 10.5 Å². The molecule has 2 aromatic carbocycles. The molecular formula is C18H16ClN3O4. The van der Waals surface area contributed by atoms with Crippen LogP contribution in [0.3, 0.4) is 0 Å². The fourth-order valence-electron chi connectivity index (χ4n) is 2.77. The number of halogens is 1. The Hall–Kier alpha value is -3.19. The van der Waals surface area contributed by atoms with E-state index in [2.05, 4.69) is 16.0 Å². The lowest BCUT2D eigenvalue weighted by Crippen LogP contribution is -2.46. The number of phenolic OH excluding ortho intramolecular Hbond substituents is 2. The van der Waals surface area contributed by atoms with E-state index in [1.807, 2.05) is 0 Å². The molecule has 0 spiro atoms. The van der Waals surface area contributed by atoms with Gasteiger partial charge in [0, 0.05) is 28.0 Å². The maximum absolute atomic E-state index is 12.8. The molecule has 0 saturated carbocycles. The van der Waals surface area contributed by atoms with Crippen molar-refractivity contribution < 1.29 is 19.8 Å². The number of hydrogen-bond donors (Lipinski definition) is 5. The van der Waals surface area contributed by atoms with Crippen molar-refractivity contribution in [2.45, 2.75) is 13.0 Å². The number of rotatable bonds is 3. The zero-order valence-corrected chi connectivity index (χ0v) is 14.5. The summed E-state index contributed by atoms with van der Waals surface area (Å²) in [5, 5.41) is 28.0. The van der Waals surface area contributed by atoms with Gasteiger partial charge in [-0.15, -0.1) is 0 Å². The molecule has 1 heterocycles. The van der Waals surface area contributed by atoms with Crippen molar-refractivity contribution in [2.75, 3.05) is 5.32 Å². The van der Waals surface area contributed by atoms with Gasteiger partial charge in [-0.25, -0.2) is 4.79 Å². The first-order valence-corrected chi connectivity index (χ1v) is 8.10. The van der Waals surface area contributed by atoms with E-state index in [9.17, 15) is 19.8 Å². The van der Waals surface area contributed by atoms with Crippen LogP contribution in [0, 0.1) is 0 Å². The van der Waals surface area contributed by atoms with E-state index < -0.39 is 18.0 Å². The van der Waals surface area contributed by atoms with E-state index in [0.717, 1.165) is 6.07 Å². The molecule has 0 radical (unpaired) electrons. The normalized spacial score (nSPS) is 16.7. The Kier molecular flexibility index (Phi) is 4.73. The number of aromatic hydroxyl groups is 2. The Morgan fingerprint density at radius 1 is 1.19 bits per heavy atom. The van der Waals surface area contributed by atoms with Crippen molar-refractivity contribution >= 4 is 29.2 Å². The maximum Gasteiger partial charge on any atom is 0.319 e. The Labute approximate surface area is 154 Å². The van der Waals surface area contributed by atoms with Gasteiger partial charge in [-0.2, -0.15) is 0 Å². The van der Waals surface area contributed by atoms with Crippen LogP contribution in [0.15, 0.2) is 53.7 Å². The van der Waals surface area contributed by atoms with Crippen molar-refractivity contribution in [1.29, 1.82) is 0 Å². The lowest BCUT2D eigenvalue weighted by Gasteiger charge is -2.29. The second-order valence-electron chi connectivity index (χ2n) is 5.78. The fraction of sp³-hybridized carbons (Fsp3) is 0.111. The third-order valence-electron chi connectivity index (χ3n) is 3.92. The van der Waals surface area contributed by atoms with Gasteiger partial charge in [-0.1, -0.05) is 17.7 Å². The summed E-state index contributed by atoms with van der Waals surface area (Å²) in [4.78, 5) is 24.7. The van der Waals surface area contributed by atoms with Crippen LogP contribution < -0.4 is 16.0 Å². The fourth-order valence-corrected chi connectivity index (χ4v) is 2.96. The molecule has 7 nitrogen and oxygen atoms in total. The highest BCUT2D eigenvalue weighted by Crippen LogP contribution is 2.34. The molecule has 134 valence electrons. The zero-order chi connectivity index (χ0) is 18.8. The van der Waals surface area contributed by atoms with Gasteiger partial charge in [-0.3, -0.25) is 4.79 Å². The molecule has 3 amide bonds. The predicted octanol–water partition coefficient (Wildman–Crippen LogP) is 3.02. The van der Waals surface area contributed by atoms with Crippen LogP contribution >= 0.6 is 11.6 Å². The lowest BCUT2D eigenvalue weighted by atomic mass is 9.94. The van der Waals surface area contributed by atoms with Crippen molar-refractivity contribution in [3.63, 3.8) is 0 Å². The quantitative estimate of drug-likeness (QED) is 0.569. The van der Waals surface area contributed by atoms with Crippen molar-refractivity contribution in [1.82, 2.24) is 10.6 Å². The van der Waals surface area contributed by atoms with Gasteiger partial charge < -0.3 is 26.2 Å². The molecule has 0 aromatic heterocycles. The Morgan fingerprint density at radius 2 is 1.96 bits per heavy atom. The number of anilines is 1. The second-order valence-corrected chi connectivity index (χ2v) is 6.21. The average Bonchev–Trinajstić information content (AvgIpc) is 2.53. The molecule has 1 aliphatic heterocycles. The molecule has 8 heteroatoms. The molecule has 0 fully saturated rings. The molecule has 2 aromatic rings. The minimum Gasteiger partial charge on any atom is -0.508 e. The number of amides is 3. The number of hydrogen-bond acceptors (Lipinski definition) is 4. The first-order chi connectivity index (χ1) is 12.3. The van der Waals surface area contributed by atoms with Gasteiger partial charge in [-0.05, 0) is 37.3 Å². The third kappa shape index (κ3) is 3.57. The molecular weight excluding hydrogens is 358 g/mol. The summed E-state index contributed by atoms with van der Waals surface area (Å²) in [6, 6.07) is 9.23.